The van der Waals surface area contributed by atoms with Crippen LogP contribution in [0.2, 0.25) is 0 Å². The number of likely N-dealkylation sites (N-methyl/N-ethyl adjacent to an activating group) is 1. The zero-order chi connectivity index (χ0) is 19.6. The molecule has 2 aromatic rings. The van der Waals surface area contributed by atoms with E-state index in [1.165, 1.54) is 9.47 Å². The molecule has 0 saturated heterocycles. The number of aromatic nitrogens is 1. The highest BCUT2D eigenvalue weighted by molar-refractivity contribution is 6.03. The number of ether oxygens (including phenoxy) is 2. The summed E-state index contributed by atoms with van der Waals surface area (Å²) in [7, 11) is 1.64. The van der Waals surface area contributed by atoms with Gasteiger partial charge in [0.25, 0.3) is 11.5 Å². The molecule has 0 N–H and O–H groups in total. The van der Waals surface area contributed by atoms with Crippen molar-refractivity contribution in [1.29, 1.82) is 0 Å². The molecular formula is C20H22N2O5. The molecule has 1 unspecified atom stereocenters. The van der Waals surface area contributed by atoms with E-state index < -0.39 is 6.04 Å². The smallest absolute Gasteiger partial charge is 0.293 e. The molecule has 0 aliphatic carbocycles. The first kappa shape index (κ1) is 18.7. The first-order valence-corrected chi connectivity index (χ1v) is 8.85. The minimum Gasteiger partial charge on any atom is -0.488 e. The first-order chi connectivity index (χ1) is 12.9. The second-order valence-electron chi connectivity index (χ2n) is 6.40. The fraction of sp³-hybridized carbons (Fsp3) is 0.350. The molecule has 0 saturated carbocycles. The van der Waals surface area contributed by atoms with Crippen molar-refractivity contribution in [3.63, 3.8) is 0 Å². The zero-order valence-corrected chi connectivity index (χ0v) is 15.6. The van der Waals surface area contributed by atoms with E-state index in [0.717, 1.165) is 6.42 Å². The fourth-order valence-electron chi connectivity index (χ4n) is 2.91. The Bertz CT molecular complexity index is 934. The standard InChI is InChI=1S/C20H22N2O5/c1-4-10-26-17-6-5-9-22(20(17)25)13(2)19(24)14-7-8-16-15(11-14)21(3)18(23)12-27-16/h5-9,11,13H,4,10,12H2,1-3H3. The number of ketones is 1. The Morgan fingerprint density at radius 1 is 1.30 bits per heavy atom. The SMILES string of the molecule is CCCOc1cccn(C(C)C(=O)c2ccc3c(c2)N(C)C(=O)CO3)c1=O. The number of hydrogen-bond acceptors (Lipinski definition) is 5. The van der Waals surface area contributed by atoms with Crippen LogP contribution < -0.4 is 19.9 Å². The van der Waals surface area contributed by atoms with Crippen LogP contribution in [0.4, 0.5) is 5.69 Å². The fourth-order valence-corrected chi connectivity index (χ4v) is 2.91. The van der Waals surface area contributed by atoms with Crippen LogP contribution in [0.15, 0.2) is 41.3 Å². The maximum absolute atomic E-state index is 13.0. The summed E-state index contributed by atoms with van der Waals surface area (Å²) in [6.07, 6.45) is 2.35. The van der Waals surface area contributed by atoms with E-state index in [1.54, 1.807) is 50.5 Å². The lowest BCUT2D eigenvalue weighted by molar-refractivity contribution is -0.120. The Labute approximate surface area is 157 Å². The Morgan fingerprint density at radius 3 is 2.81 bits per heavy atom. The van der Waals surface area contributed by atoms with Crippen molar-refractivity contribution in [1.82, 2.24) is 4.57 Å². The number of hydrogen-bond donors (Lipinski definition) is 0. The van der Waals surface area contributed by atoms with Crippen molar-refractivity contribution in [2.75, 3.05) is 25.2 Å². The second-order valence-corrected chi connectivity index (χ2v) is 6.40. The molecule has 7 heteroatoms. The molecule has 142 valence electrons. The number of anilines is 1. The number of amides is 1. The Balaban J connectivity index is 1.91. The van der Waals surface area contributed by atoms with Crippen LogP contribution in [0.1, 0.15) is 36.7 Å². The topological polar surface area (TPSA) is 77.8 Å². The second kappa shape index (κ2) is 7.65. The largest absolute Gasteiger partial charge is 0.488 e. The van der Waals surface area contributed by atoms with Gasteiger partial charge in [-0.1, -0.05) is 6.92 Å². The van der Waals surface area contributed by atoms with Crippen molar-refractivity contribution < 1.29 is 19.1 Å². The summed E-state index contributed by atoms with van der Waals surface area (Å²) in [6, 6.07) is 7.50. The summed E-state index contributed by atoms with van der Waals surface area (Å²) >= 11 is 0. The minimum absolute atomic E-state index is 0.0207. The van der Waals surface area contributed by atoms with Gasteiger partial charge in [0.1, 0.15) is 5.75 Å². The number of carbonyl (C=O) groups excluding carboxylic acids is 2. The number of nitrogens with zero attached hydrogens (tertiary/aromatic N) is 2. The van der Waals surface area contributed by atoms with Crippen molar-refractivity contribution in [2.45, 2.75) is 26.3 Å². The van der Waals surface area contributed by atoms with Gasteiger partial charge in [-0.25, -0.2) is 0 Å². The van der Waals surface area contributed by atoms with Crippen molar-refractivity contribution in [2.24, 2.45) is 0 Å². The molecule has 7 nitrogen and oxygen atoms in total. The van der Waals surface area contributed by atoms with Crippen molar-refractivity contribution in [3.05, 3.63) is 52.4 Å². The lowest BCUT2D eigenvalue weighted by atomic mass is 10.0. The van der Waals surface area contributed by atoms with Gasteiger partial charge < -0.3 is 18.9 Å². The van der Waals surface area contributed by atoms with Gasteiger partial charge in [0.15, 0.2) is 18.1 Å². The predicted molar refractivity (Wildman–Crippen MR) is 101 cm³/mol. The predicted octanol–water partition coefficient (Wildman–Crippen LogP) is 2.44. The van der Waals surface area contributed by atoms with Crippen LogP contribution in [0.25, 0.3) is 0 Å². The highest BCUT2D eigenvalue weighted by Crippen LogP contribution is 2.32. The third-order valence-electron chi connectivity index (χ3n) is 4.53. The van der Waals surface area contributed by atoms with Gasteiger partial charge in [-0.15, -0.1) is 0 Å². The van der Waals surface area contributed by atoms with Gasteiger partial charge in [0, 0.05) is 18.8 Å². The molecule has 27 heavy (non-hydrogen) atoms. The van der Waals surface area contributed by atoms with Gasteiger partial charge >= 0.3 is 0 Å². The van der Waals surface area contributed by atoms with Crippen molar-refractivity contribution >= 4 is 17.4 Å². The summed E-state index contributed by atoms with van der Waals surface area (Å²) in [6.45, 7) is 4.03. The molecule has 1 atom stereocenters. The Hall–Kier alpha value is -3.09. The number of Topliss-reactive ketones (excluding diaryl/α,β-unsaturated/α-hetero) is 1. The Kier molecular flexibility index (Phi) is 5.30. The summed E-state index contributed by atoms with van der Waals surface area (Å²) in [5.74, 6) is 0.354. The maximum Gasteiger partial charge on any atom is 0.293 e. The normalized spacial score (nSPS) is 14.3. The molecule has 1 aromatic carbocycles. The molecule has 0 spiro atoms. The van der Waals surface area contributed by atoms with Gasteiger partial charge in [0.2, 0.25) is 0 Å². The summed E-state index contributed by atoms with van der Waals surface area (Å²) < 4.78 is 12.2. The van der Waals surface area contributed by atoms with Gasteiger partial charge in [-0.05, 0) is 43.7 Å². The number of fused-ring (bicyclic) bond motifs is 1. The molecule has 0 fully saturated rings. The number of benzene rings is 1. The van der Waals surface area contributed by atoms with Gasteiger partial charge in [-0.2, -0.15) is 0 Å². The molecule has 0 bridgehead atoms. The first-order valence-electron chi connectivity index (χ1n) is 8.85. The van der Waals surface area contributed by atoms with Gasteiger partial charge in [-0.3, -0.25) is 14.4 Å². The lowest BCUT2D eigenvalue weighted by Crippen LogP contribution is -2.35. The van der Waals surface area contributed by atoms with Crippen LogP contribution in [0.3, 0.4) is 0 Å². The van der Waals surface area contributed by atoms with Gasteiger partial charge in [0.05, 0.1) is 18.3 Å². The highest BCUT2D eigenvalue weighted by Gasteiger charge is 2.25. The molecule has 1 aromatic heterocycles. The van der Waals surface area contributed by atoms with Crippen molar-refractivity contribution in [3.8, 4) is 11.5 Å². The van der Waals surface area contributed by atoms with E-state index >= 15 is 0 Å². The summed E-state index contributed by atoms with van der Waals surface area (Å²) in [4.78, 5) is 38.8. The third-order valence-corrected chi connectivity index (χ3v) is 4.53. The quantitative estimate of drug-likeness (QED) is 0.730. The number of carbonyl (C=O) groups is 2. The van der Waals surface area contributed by atoms with E-state index in [-0.39, 0.29) is 29.6 Å². The average molecular weight is 370 g/mol. The summed E-state index contributed by atoms with van der Waals surface area (Å²) in [5.41, 5.74) is 0.593. The molecule has 1 aliphatic rings. The van der Waals surface area contributed by atoms with E-state index in [1.807, 2.05) is 6.92 Å². The lowest BCUT2D eigenvalue weighted by Gasteiger charge is -2.26. The monoisotopic (exact) mass is 370 g/mol. The molecule has 2 heterocycles. The van der Waals surface area contributed by atoms with Crippen LogP contribution in [-0.2, 0) is 4.79 Å². The van der Waals surface area contributed by atoms with E-state index in [0.29, 0.717) is 23.6 Å². The average Bonchev–Trinajstić information content (AvgIpc) is 2.69. The van der Waals surface area contributed by atoms with E-state index in [4.69, 9.17) is 9.47 Å². The summed E-state index contributed by atoms with van der Waals surface area (Å²) in [5, 5.41) is 0. The third kappa shape index (κ3) is 3.58. The molecule has 1 amide bonds. The molecule has 3 rings (SSSR count). The Morgan fingerprint density at radius 2 is 2.07 bits per heavy atom. The number of pyridine rings is 1. The molecule has 1 aliphatic heterocycles. The van der Waals surface area contributed by atoms with Crippen LogP contribution >= 0.6 is 0 Å². The van der Waals surface area contributed by atoms with Crippen LogP contribution in [0.5, 0.6) is 11.5 Å². The molecular weight excluding hydrogens is 348 g/mol. The minimum atomic E-state index is -0.716. The van der Waals surface area contributed by atoms with Crippen LogP contribution in [0, 0.1) is 0 Å². The van der Waals surface area contributed by atoms with E-state index in [9.17, 15) is 14.4 Å². The number of rotatable bonds is 6. The zero-order valence-electron chi connectivity index (χ0n) is 15.6. The molecule has 0 radical (unpaired) electrons. The van der Waals surface area contributed by atoms with E-state index in [2.05, 4.69) is 0 Å². The van der Waals surface area contributed by atoms with Crippen LogP contribution in [-0.4, -0.2) is 36.5 Å². The highest BCUT2D eigenvalue weighted by atomic mass is 16.5. The maximum atomic E-state index is 13.0.